The zero-order chi connectivity index (χ0) is 30.0. The fourth-order valence-electron chi connectivity index (χ4n) is 5.20. The second kappa shape index (κ2) is 15.1. The van der Waals surface area contributed by atoms with Crippen LogP contribution in [0.1, 0.15) is 75.5 Å². The van der Waals surface area contributed by atoms with E-state index in [0.29, 0.717) is 26.1 Å². The van der Waals surface area contributed by atoms with Crippen molar-refractivity contribution < 1.29 is 28.5 Å². The Labute approximate surface area is 248 Å². The van der Waals surface area contributed by atoms with Crippen LogP contribution in [0.4, 0.5) is 0 Å². The number of carbonyl (C=O) groups is 1. The van der Waals surface area contributed by atoms with Gasteiger partial charge in [0.25, 0.3) is 0 Å². The van der Waals surface area contributed by atoms with Gasteiger partial charge in [-0.2, -0.15) is 0 Å². The molecule has 4 atom stereocenters. The van der Waals surface area contributed by atoms with Crippen LogP contribution in [0.3, 0.4) is 0 Å². The summed E-state index contributed by atoms with van der Waals surface area (Å²) in [6.45, 7) is 12.4. The van der Waals surface area contributed by atoms with Crippen LogP contribution in [-0.4, -0.2) is 45.8 Å². The molecule has 1 saturated carbocycles. The normalized spacial score (nSPS) is 21.4. The van der Waals surface area contributed by atoms with Crippen LogP contribution in [0.15, 0.2) is 60.7 Å². The highest BCUT2D eigenvalue weighted by Crippen LogP contribution is 2.47. The van der Waals surface area contributed by atoms with Crippen molar-refractivity contribution in [3.63, 3.8) is 0 Å². The van der Waals surface area contributed by atoms with E-state index in [0.717, 1.165) is 36.1 Å². The standard InChI is InChI=1S/C34H50O6Si/c1-34(2,3)41(6,7)40-31-22-30(35)29(12-10-8-9-11-13-32(36)38-5)33(31)27-18-14-25(15-19-27)23-39-24-26-16-20-28(37-4)21-17-26/h8,10,14-21,29-31,33,35H,9,11-13,22-24H2,1-7H3/b10-8-/t29-,30-,31+,33+/m0/s1. The van der Waals surface area contributed by atoms with E-state index in [9.17, 15) is 9.90 Å². The van der Waals surface area contributed by atoms with Gasteiger partial charge in [-0.1, -0.05) is 69.3 Å². The minimum atomic E-state index is -2.03. The fraction of sp³-hybridized carbons (Fsp3) is 0.559. The van der Waals surface area contributed by atoms with E-state index < -0.39 is 14.4 Å². The molecule has 0 spiro atoms. The number of ether oxygens (including phenoxy) is 3. The lowest BCUT2D eigenvalue weighted by Gasteiger charge is -2.40. The van der Waals surface area contributed by atoms with Gasteiger partial charge in [0.1, 0.15) is 5.75 Å². The van der Waals surface area contributed by atoms with Gasteiger partial charge in [0, 0.05) is 12.3 Å². The lowest BCUT2D eigenvalue weighted by molar-refractivity contribution is -0.140. The van der Waals surface area contributed by atoms with E-state index in [1.54, 1.807) is 7.11 Å². The van der Waals surface area contributed by atoms with E-state index in [1.165, 1.54) is 12.7 Å². The molecular formula is C34H50O6Si. The van der Waals surface area contributed by atoms with Crippen LogP contribution in [0.5, 0.6) is 5.75 Å². The highest BCUT2D eigenvalue weighted by molar-refractivity contribution is 6.74. The van der Waals surface area contributed by atoms with Crippen molar-refractivity contribution in [3.05, 3.63) is 77.4 Å². The van der Waals surface area contributed by atoms with Crippen molar-refractivity contribution in [1.29, 1.82) is 0 Å². The molecule has 0 bridgehead atoms. The third-order valence-electron chi connectivity index (χ3n) is 8.70. The summed E-state index contributed by atoms with van der Waals surface area (Å²) >= 11 is 0. The second-order valence-corrected chi connectivity index (χ2v) is 17.4. The Morgan fingerprint density at radius 3 is 2.15 bits per heavy atom. The Kier molecular flexibility index (Phi) is 12.2. The molecule has 0 aliphatic heterocycles. The molecular weight excluding hydrogens is 532 g/mol. The monoisotopic (exact) mass is 582 g/mol. The summed E-state index contributed by atoms with van der Waals surface area (Å²) < 4.78 is 22.9. The van der Waals surface area contributed by atoms with Crippen molar-refractivity contribution in [1.82, 2.24) is 0 Å². The molecule has 3 rings (SSSR count). The molecule has 7 heteroatoms. The van der Waals surface area contributed by atoms with Gasteiger partial charge in [-0.05, 0) is 78.6 Å². The molecule has 2 aromatic rings. The van der Waals surface area contributed by atoms with E-state index >= 15 is 0 Å². The third-order valence-corrected chi connectivity index (χ3v) is 13.2. The summed E-state index contributed by atoms with van der Waals surface area (Å²) in [4.78, 5) is 11.4. The van der Waals surface area contributed by atoms with Crippen molar-refractivity contribution in [2.75, 3.05) is 14.2 Å². The van der Waals surface area contributed by atoms with Gasteiger partial charge in [-0.15, -0.1) is 0 Å². The van der Waals surface area contributed by atoms with Gasteiger partial charge >= 0.3 is 5.97 Å². The second-order valence-electron chi connectivity index (χ2n) is 12.7. The maximum atomic E-state index is 11.4. The maximum absolute atomic E-state index is 11.4. The summed E-state index contributed by atoms with van der Waals surface area (Å²) in [5.41, 5.74) is 3.42. The Bertz CT molecular complexity index is 1100. The Morgan fingerprint density at radius 1 is 0.976 bits per heavy atom. The number of unbranched alkanes of at least 4 members (excludes halogenated alkanes) is 1. The smallest absolute Gasteiger partial charge is 0.305 e. The largest absolute Gasteiger partial charge is 0.497 e. The zero-order valence-electron chi connectivity index (χ0n) is 26.0. The number of carbonyl (C=O) groups excluding carboxylic acids is 1. The molecule has 1 aliphatic rings. The van der Waals surface area contributed by atoms with Gasteiger partial charge < -0.3 is 23.7 Å². The number of allylic oxidation sites excluding steroid dienone is 2. The van der Waals surface area contributed by atoms with Crippen molar-refractivity contribution in [2.45, 2.75) is 102 Å². The summed E-state index contributed by atoms with van der Waals surface area (Å²) in [6.07, 6.45) is 7.25. The number of methoxy groups -OCH3 is 2. The molecule has 0 aromatic heterocycles. The summed E-state index contributed by atoms with van der Waals surface area (Å²) in [6, 6.07) is 16.6. The Morgan fingerprint density at radius 2 is 1.59 bits per heavy atom. The van der Waals surface area contributed by atoms with Crippen molar-refractivity contribution in [2.24, 2.45) is 5.92 Å². The minimum Gasteiger partial charge on any atom is -0.497 e. The molecule has 1 aliphatic carbocycles. The molecule has 0 amide bonds. The summed E-state index contributed by atoms with van der Waals surface area (Å²) in [7, 11) is 1.05. The topological polar surface area (TPSA) is 74.2 Å². The number of benzene rings is 2. The molecule has 0 radical (unpaired) electrons. The SMILES string of the molecule is COC(=O)CCC/C=C\C[C@@H]1[C@@H](c2ccc(COCc3ccc(OC)cc3)cc2)[C@H](O[Si](C)(C)C(C)(C)C)C[C@@H]1O. The molecule has 6 nitrogen and oxygen atoms in total. The van der Waals surface area contributed by atoms with Crippen LogP contribution in [0.2, 0.25) is 18.1 Å². The van der Waals surface area contributed by atoms with Crippen LogP contribution in [-0.2, 0) is 31.9 Å². The highest BCUT2D eigenvalue weighted by Gasteiger charge is 2.48. The van der Waals surface area contributed by atoms with Crippen LogP contribution < -0.4 is 4.74 Å². The molecule has 0 saturated heterocycles. The molecule has 0 unspecified atom stereocenters. The number of hydrogen-bond acceptors (Lipinski definition) is 6. The third kappa shape index (κ3) is 9.53. The summed E-state index contributed by atoms with van der Waals surface area (Å²) in [5.74, 6) is 0.835. The zero-order valence-corrected chi connectivity index (χ0v) is 27.0. The van der Waals surface area contributed by atoms with Crippen LogP contribution in [0.25, 0.3) is 0 Å². The van der Waals surface area contributed by atoms with Crippen LogP contribution >= 0.6 is 0 Å². The average Bonchev–Trinajstić information content (AvgIpc) is 3.24. The lowest BCUT2D eigenvalue weighted by Crippen LogP contribution is -2.44. The van der Waals surface area contributed by atoms with E-state index in [-0.39, 0.29) is 28.9 Å². The molecule has 2 aromatic carbocycles. The van der Waals surface area contributed by atoms with Gasteiger partial charge in [0.2, 0.25) is 0 Å². The first-order valence-corrected chi connectivity index (χ1v) is 17.7. The van der Waals surface area contributed by atoms with E-state index in [2.05, 4.69) is 70.3 Å². The Balaban J connectivity index is 1.69. The molecule has 226 valence electrons. The molecule has 0 heterocycles. The van der Waals surface area contributed by atoms with Gasteiger partial charge in [-0.25, -0.2) is 0 Å². The van der Waals surface area contributed by atoms with Crippen molar-refractivity contribution >= 4 is 14.3 Å². The fourth-order valence-corrected chi connectivity index (χ4v) is 6.55. The maximum Gasteiger partial charge on any atom is 0.305 e. The Hall–Kier alpha value is -2.45. The van der Waals surface area contributed by atoms with Crippen molar-refractivity contribution in [3.8, 4) is 5.75 Å². The predicted octanol–water partition coefficient (Wildman–Crippen LogP) is 7.56. The number of aliphatic hydroxyl groups is 1. The number of esters is 1. The predicted molar refractivity (Wildman–Crippen MR) is 166 cm³/mol. The highest BCUT2D eigenvalue weighted by atomic mass is 28.4. The molecule has 1 N–H and O–H groups in total. The first kappa shape index (κ1) is 33.1. The van der Waals surface area contributed by atoms with Gasteiger partial charge in [0.15, 0.2) is 8.32 Å². The first-order valence-electron chi connectivity index (χ1n) is 14.8. The van der Waals surface area contributed by atoms with Gasteiger partial charge in [-0.3, -0.25) is 4.79 Å². The summed E-state index contributed by atoms with van der Waals surface area (Å²) in [5, 5.41) is 11.3. The average molecular weight is 583 g/mol. The molecule has 41 heavy (non-hydrogen) atoms. The van der Waals surface area contributed by atoms with E-state index in [4.69, 9.17) is 18.6 Å². The number of rotatable bonds is 14. The first-order chi connectivity index (χ1) is 19.4. The lowest BCUT2D eigenvalue weighted by atomic mass is 9.84. The quantitative estimate of drug-likeness (QED) is 0.107. The number of aliphatic hydroxyl groups excluding tert-OH is 1. The number of hydrogen-bond donors (Lipinski definition) is 1. The van der Waals surface area contributed by atoms with Crippen LogP contribution in [0, 0.1) is 5.92 Å². The van der Waals surface area contributed by atoms with Gasteiger partial charge in [0.05, 0.1) is 39.6 Å². The minimum absolute atomic E-state index is 0.0270. The molecule has 1 fully saturated rings. The van der Waals surface area contributed by atoms with E-state index in [1.807, 2.05) is 24.3 Å².